The molecule has 7 nitrogen and oxygen atoms in total. The highest BCUT2D eigenvalue weighted by atomic mass is 16.5. The Kier molecular flexibility index (Phi) is 6.63. The molecule has 0 aliphatic rings. The number of carboxylic acids is 1. The van der Waals surface area contributed by atoms with E-state index in [2.05, 4.69) is 15.3 Å². The van der Waals surface area contributed by atoms with Crippen LogP contribution >= 0.6 is 0 Å². The Balaban J connectivity index is 2.08. The van der Waals surface area contributed by atoms with E-state index in [4.69, 9.17) is 4.74 Å². The molecule has 1 aromatic carbocycles. The van der Waals surface area contributed by atoms with E-state index in [9.17, 15) is 14.7 Å². The van der Waals surface area contributed by atoms with Crippen LogP contribution in [0.15, 0.2) is 36.5 Å². The molecule has 2 rings (SSSR count). The van der Waals surface area contributed by atoms with Gasteiger partial charge in [0.05, 0.1) is 16.9 Å². The molecule has 1 atom stereocenters. The Hall–Kier alpha value is -2.80. The van der Waals surface area contributed by atoms with Crippen molar-refractivity contribution in [3.05, 3.63) is 47.8 Å². The number of hydrogen-bond donors (Lipinski definition) is 2. The zero-order valence-electron chi connectivity index (χ0n) is 16.0. The number of nitrogens with zero attached hydrogens (tertiary/aromatic N) is 2. The molecule has 0 radical (unpaired) electrons. The molecule has 27 heavy (non-hydrogen) atoms. The first kappa shape index (κ1) is 20.5. The second-order valence-electron chi connectivity index (χ2n) is 7.17. The SMILES string of the molecule is Cc1nc(-c2ccccc2)ncc1C(=O)NC(CCOC(C)(C)C)C(=O)O. The number of aryl methyl sites for hydroxylation is 1. The number of nitrogens with one attached hydrogen (secondary N) is 1. The molecule has 2 aromatic rings. The number of carbonyl (C=O) groups excluding carboxylic acids is 1. The van der Waals surface area contributed by atoms with Crippen molar-refractivity contribution in [3.8, 4) is 11.4 Å². The molecular formula is C20H25N3O4. The molecule has 0 saturated heterocycles. The van der Waals surface area contributed by atoms with Gasteiger partial charge in [-0.2, -0.15) is 0 Å². The molecule has 144 valence electrons. The number of ether oxygens (including phenoxy) is 1. The van der Waals surface area contributed by atoms with Crippen LogP contribution in [0.1, 0.15) is 43.2 Å². The van der Waals surface area contributed by atoms with Crippen molar-refractivity contribution in [2.24, 2.45) is 0 Å². The average Bonchev–Trinajstić information content (AvgIpc) is 2.60. The average molecular weight is 371 g/mol. The third-order valence-corrected chi connectivity index (χ3v) is 3.80. The van der Waals surface area contributed by atoms with Crippen molar-refractivity contribution in [1.29, 1.82) is 0 Å². The van der Waals surface area contributed by atoms with E-state index in [1.807, 2.05) is 51.1 Å². The lowest BCUT2D eigenvalue weighted by Gasteiger charge is -2.21. The molecule has 0 saturated carbocycles. The monoisotopic (exact) mass is 371 g/mol. The number of carbonyl (C=O) groups is 2. The Morgan fingerprint density at radius 1 is 1.22 bits per heavy atom. The van der Waals surface area contributed by atoms with Gasteiger partial charge in [-0.1, -0.05) is 30.3 Å². The van der Waals surface area contributed by atoms with Crippen molar-refractivity contribution in [2.75, 3.05) is 6.61 Å². The second-order valence-corrected chi connectivity index (χ2v) is 7.17. The van der Waals surface area contributed by atoms with Crippen LogP contribution in [0.25, 0.3) is 11.4 Å². The number of benzene rings is 1. The molecular weight excluding hydrogens is 346 g/mol. The summed E-state index contributed by atoms with van der Waals surface area (Å²) in [6.45, 7) is 7.58. The van der Waals surface area contributed by atoms with E-state index in [-0.39, 0.29) is 24.2 Å². The molecule has 0 aliphatic heterocycles. The summed E-state index contributed by atoms with van der Waals surface area (Å²) < 4.78 is 5.55. The maximum atomic E-state index is 12.5. The quantitative estimate of drug-likeness (QED) is 0.776. The van der Waals surface area contributed by atoms with Gasteiger partial charge in [-0.15, -0.1) is 0 Å². The molecule has 0 bridgehead atoms. The van der Waals surface area contributed by atoms with Gasteiger partial charge in [0.25, 0.3) is 5.91 Å². The summed E-state index contributed by atoms with van der Waals surface area (Å²) >= 11 is 0. The van der Waals surface area contributed by atoms with E-state index in [0.29, 0.717) is 11.5 Å². The number of carboxylic acid groups (broad SMARTS) is 1. The smallest absolute Gasteiger partial charge is 0.326 e. The molecule has 0 aliphatic carbocycles. The second kappa shape index (κ2) is 8.73. The first-order valence-corrected chi connectivity index (χ1v) is 8.74. The van der Waals surface area contributed by atoms with Crippen LogP contribution in [0.2, 0.25) is 0 Å². The van der Waals surface area contributed by atoms with Gasteiger partial charge in [0.2, 0.25) is 0 Å². The van der Waals surface area contributed by atoms with Crippen LogP contribution in [-0.4, -0.2) is 45.2 Å². The van der Waals surface area contributed by atoms with Gasteiger partial charge in [0.1, 0.15) is 6.04 Å². The summed E-state index contributed by atoms with van der Waals surface area (Å²) in [4.78, 5) is 32.5. The number of aliphatic carboxylic acids is 1. The standard InChI is InChI=1S/C20H25N3O4/c1-13-15(12-21-17(22-13)14-8-6-5-7-9-14)18(24)23-16(19(25)26)10-11-27-20(2,3)4/h5-9,12,16H,10-11H2,1-4H3,(H,23,24)(H,25,26). The summed E-state index contributed by atoms with van der Waals surface area (Å²) in [7, 11) is 0. The van der Waals surface area contributed by atoms with Gasteiger partial charge < -0.3 is 15.2 Å². The predicted octanol–water partition coefficient (Wildman–Crippen LogP) is 2.84. The van der Waals surface area contributed by atoms with Crippen LogP contribution in [0.4, 0.5) is 0 Å². The number of aromatic nitrogens is 2. The largest absolute Gasteiger partial charge is 0.480 e. The Morgan fingerprint density at radius 2 is 1.89 bits per heavy atom. The van der Waals surface area contributed by atoms with Crippen LogP contribution < -0.4 is 5.32 Å². The van der Waals surface area contributed by atoms with Gasteiger partial charge in [-0.05, 0) is 27.7 Å². The van der Waals surface area contributed by atoms with Gasteiger partial charge in [-0.25, -0.2) is 14.8 Å². The van der Waals surface area contributed by atoms with Crippen LogP contribution in [-0.2, 0) is 9.53 Å². The van der Waals surface area contributed by atoms with E-state index in [1.54, 1.807) is 6.92 Å². The molecule has 0 spiro atoms. The summed E-state index contributed by atoms with van der Waals surface area (Å²) in [5.41, 5.74) is 1.20. The van der Waals surface area contributed by atoms with E-state index < -0.39 is 17.9 Å². The Bertz CT molecular complexity index is 801. The van der Waals surface area contributed by atoms with Gasteiger partial charge >= 0.3 is 5.97 Å². The number of amides is 1. The van der Waals surface area contributed by atoms with Gasteiger partial charge in [0, 0.05) is 24.8 Å². The summed E-state index contributed by atoms with van der Waals surface area (Å²) in [6.07, 6.45) is 1.59. The van der Waals surface area contributed by atoms with Crippen molar-refractivity contribution >= 4 is 11.9 Å². The Labute approximate surface area is 158 Å². The highest BCUT2D eigenvalue weighted by molar-refractivity contribution is 5.97. The van der Waals surface area contributed by atoms with Gasteiger partial charge in [0.15, 0.2) is 5.82 Å². The molecule has 0 fully saturated rings. The zero-order chi connectivity index (χ0) is 20.0. The molecule has 1 aromatic heterocycles. The number of rotatable bonds is 7. The molecule has 2 N–H and O–H groups in total. The minimum atomic E-state index is -1.11. The van der Waals surface area contributed by atoms with Gasteiger partial charge in [-0.3, -0.25) is 4.79 Å². The van der Waals surface area contributed by atoms with Crippen molar-refractivity contribution in [3.63, 3.8) is 0 Å². The zero-order valence-corrected chi connectivity index (χ0v) is 16.0. The van der Waals surface area contributed by atoms with Crippen LogP contribution in [0, 0.1) is 6.92 Å². The Morgan fingerprint density at radius 3 is 2.44 bits per heavy atom. The lowest BCUT2D eigenvalue weighted by atomic mass is 10.1. The highest BCUT2D eigenvalue weighted by Crippen LogP contribution is 2.16. The summed E-state index contributed by atoms with van der Waals surface area (Å²) in [5, 5.41) is 11.9. The maximum absolute atomic E-state index is 12.5. The van der Waals surface area contributed by atoms with Crippen molar-refractivity contribution < 1.29 is 19.4 Å². The highest BCUT2D eigenvalue weighted by Gasteiger charge is 2.23. The first-order chi connectivity index (χ1) is 12.7. The van der Waals surface area contributed by atoms with E-state index in [0.717, 1.165) is 5.56 Å². The van der Waals surface area contributed by atoms with E-state index in [1.165, 1.54) is 6.20 Å². The summed E-state index contributed by atoms with van der Waals surface area (Å²) in [5.74, 6) is -1.12. The molecule has 1 unspecified atom stereocenters. The third kappa shape index (κ3) is 6.14. The minimum Gasteiger partial charge on any atom is -0.480 e. The first-order valence-electron chi connectivity index (χ1n) is 8.74. The van der Waals surface area contributed by atoms with Crippen molar-refractivity contribution in [2.45, 2.75) is 45.8 Å². The summed E-state index contributed by atoms with van der Waals surface area (Å²) in [6, 6.07) is 8.37. The third-order valence-electron chi connectivity index (χ3n) is 3.80. The fraction of sp³-hybridized carbons (Fsp3) is 0.400. The van der Waals surface area contributed by atoms with Crippen molar-refractivity contribution in [1.82, 2.24) is 15.3 Å². The fourth-order valence-electron chi connectivity index (χ4n) is 2.39. The fourth-order valence-corrected chi connectivity index (χ4v) is 2.39. The molecule has 1 heterocycles. The van der Waals surface area contributed by atoms with Crippen LogP contribution in [0.3, 0.4) is 0 Å². The number of hydrogen-bond acceptors (Lipinski definition) is 5. The maximum Gasteiger partial charge on any atom is 0.326 e. The lowest BCUT2D eigenvalue weighted by molar-refractivity contribution is -0.140. The topological polar surface area (TPSA) is 101 Å². The molecule has 7 heteroatoms. The molecule has 1 amide bonds. The normalized spacial score (nSPS) is 12.4. The van der Waals surface area contributed by atoms with Crippen LogP contribution in [0.5, 0.6) is 0 Å². The van der Waals surface area contributed by atoms with E-state index >= 15 is 0 Å². The lowest BCUT2D eigenvalue weighted by Crippen LogP contribution is -2.42. The minimum absolute atomic E-state index is 0.167. The predicted molar refractivity (Wildman–Crippen MR) is 101 cm³/mol.